The maximum atomic E-state index is 12.9. The van der Waals surface area contributed by atoms with E-state index in [0.717, 1.165) is 12.1 Å². The number of aryl methyl sites for hydroxylation is 1. The Morgan fingerprint density at radius 1 is 1.27 bits per heavy atom. The van der Waals surface area contributed by atoms with Crippen molar-refractivity contribution in [3.8, 4) is 0 Å². The average molecular weight is 212 g/mol. The van der Waals surface area contributed by atoms with Crippen molar-refractivity contribution in [2.75, 3.05) is 0 Å². The summed E-state index contributed by atoms with van der Waals surface area (Å²) in [6, 6.07) is 1.86. The van der Waals surface area contributed by atoms with Gasteiger partial charge in [0.2, 0.25) is 0 Å². The molecule has 1 aromatic heterocycles. The highest BCUT2D eigenvalue weighted by molar-refractivity contribution is 6.60. The number of benzene rings is 1. The Hall–Kier alpha value is -1.47. The first-order chi connectivity index (χ1) is 7.00. The second-order valence-corrected chi connectivity index (χ2v) is 3.17. The van der Waals surface area contributed by atoms with E-state index in [1.165, 1.54) is 11.7 Å². The zero-order valence-corrected chi connectivity index (χ0v) is 7.78. The second-order valence-electron chi connectivity index (χ2n) is 3.17. The van der Waals surface area contributed by atoms with Gasteiger partial charge in [-0.3, -0.25) is 4.68 Å². The van der Waals surface area contributed by atoms with E-state index < -0.39 is 18.8 Å². The first kappa shape index (κ1) is 10.1. The number of hydrogen-bond acceptors (Lipinski definition) is 3. The Kier molecular flexibility index (Phi) is 2.20. The lowest BCUT2D eigenvalue weighted by molar-refractivity contribution is 0.424. The van der Waals surface area contributed by atoms with Gasteiger partial charge in [-0.15, -0.1) is 0 Å². The summed E-state index contributed by atoms with van der Waals surface area (Å²) in [5.41, 5.74) is 0.211. The molecule has 0 amide bonds. The van der Waals surface area contributed by atoms with Gasteiger partial charge in [0.05, 0.1) is 5.52 Å². The summed E-state index contributed by atoms with van der Waals surface area (Å²) in [5, 5.41) is 21.9. The van der Waals surface area contributed by atoms with E-state index in [4.69, 9.17) is 10.0 Å². The fourth-order valence-electron chi connectivity index (χ4n) is 1.47. The SMILES string of the molecule is Cn1nc(B(O)O)c2cc(F)c(F)cc21. The lowest BCUT2D eigenvalue weighted by atomic mass is 9.84. The Balaban J connectivity index is 2.82. The van der Waals surface area contributed by atoms with Gasteiger partial charge in [0.1, 0.15) is 5.59 Å². The van der Waals surface area contributed by atoms with Crippen LogP contribution >= 0.6 is 0 Å². The van der Waals surface area contributed by atoms with Crippen LogP contribution in [0.3, 0.4) is 0 Å². The van der Waals surface area contributed by atoms with Crippen molar-refractivity contribution in [3.05, 3.63) is 23.8 Å². The minimum atomic E-state index is -1.81. The molecule has 1 heterocycles. The highest BCUT2D eigenvalue weighted by atomic mass is 19.2. The normalized spacial score (nSPS) is 11.0. The van der Waals surface area contributed by atoms with Gasteiger partial charge in [-0.2, -0.15) is 5.10 Å². The van der Waals surface area contributed by atoms with E-state index in [-0.39, 0.29) is 11.0 Å². The fraction of sp³-hybridized carbons (Fsp3) is 0.125. The van der Waals surface area contributed by atoms with Gasteiger partial charge in [-0.05, 0) is 6.07 Å². The zero-order valence-electron chi connectivity index (χ0n) is 7.78. The monoisotopic (exact) mass is 212 g/mol. The van der Waals surface area contributed by atoms with Gasteiger partial charge in [0, 0.05) is 18.5 Å². The molecule has 0 spiro atoms. The van der Waals surface area contributed by atoms with Crippen LogP contribution in [0.25, 0.3) is 10.9 Å². The quantitative estimate of drug-likeness (QED) is 0.628. The van der Waals surface area contributed by atoms with Crippen LogP contribution in [0.2, 0.25) is 0 Å². The van der Waals surface area contributed by atoms with Crippen LogP contribution in [0.4, 0.5) is 8.78 Å². The molecular formula is C8H7BF2N2O2. The Labute approximate surface area is 83.9 Å². The second kappa shape index (κ2) is 3.28. The first-order valence-corrected chi connectivity index (χ1v) is 4.18. The topological polar surface area (TPSA) is 58.3 Å². The number of rotatable bonds is 1. The Morgan fingerprint density at radius 2 is 1.87 bits per heavy atom. The zero-order chi connectivity index (χ0) is 11.2. The molecule has 0 fully saturated rings. The third-order valence-corrected chi connectivity index (χ3v) is 2.17. The van der Waals surface area contributed by atoms with E-state index >= 15 is 0 Å². The van der Waals surface area contributed by atoms with Crippen molar-refractivity contribution in [2.45, 2.75) is 0 Å². The molecule has 2 rings (SSSR count). The van der Waals surface area contributed by atoms with E-state index in [1.54, 1.807) is 0 Å². The summed E-state index contributed by atoms with van der Waals surface area (Å²) >= 11 is 0. The molecule has 4 nitrogen and oxygen atoms in total. The molecule has 0 aliphatic heterocycles. The number of hydrogen-bond donors (Lipinski definition) is 2. The van der Waals surface area contributed by atoms with Crippen molar-refractivity contribution < 1.29 is 18.8 Å². The van der Waals surface area contributed by atoms with E-state index in [0.29, 0.717) is 5.52 Å². The minimum Gasteiger partial charge on any atom is -0.422 e. The van der Waals surface area contributed by atoms with Crippen molar-refractivity contribution in [3.63, 3.8) is 0 Å². The van der Waals surface area contributed by atoms with Gasteiger partial charge in [-0.1, -0.05) is 0 Å². The first-order valence-electron chi connectivity index (χ1n) is 4.18. The van der Waals surface area contributed by atoms with E-state index in [2.05, 4.69) is 5.10 Å². The average Bonchev–Trinajstić information content (AvgIpc) is 2.45. The van der Waals surface area contributed by atoms with Gasteiger partial charge in [0.25, 0.3) is 0 Å². The van der Waals surface area contributed by atoms with Crippen LogP contribution in [0.15, 0.2) is 12.1 Å². The maximum Gasteiger partial charge on any atom is 0.510 e. The highest BCUT2D eigenvalue weighted by Gasteiger charge is 2.21. The summed E-state index contributed by atoms with van der Waals surface area (Å²) in [6.07, 6.45) is 0. The molecule has 0 radical (unpaired) electrons. The highest BCUT2D eigenvalue weighted by Crippen LogP contribution is 2.16. The third-order valence-electron chi connectivity index (χ3n) is 2.17. The van der Waals surface area contributed by atoms with Gasteiger partial charge in [0.15, 0.2) is 11.6 Å². The molecule has 0 aliphatic carbocycles. The fourth-order valence-corrected chi connectivity index (χ4v) is 1.47. The smallest absolute Gasteiger partial charge is 0.422 e. The molecule has 2 aromatic rings. The Morgan fingerprint density at radius 3 is 2.47 bits per heavy atom. The summed E-state index contributed by atoms with van der Waals surface area (Å²) in [6.45, 7) is 0. The molecule has 0 unspecified atom stereocenters. The molecule has 15 heavy (non-hydrogen) atoms. The number of halogens is 2. The minimum absolute atomic E-state index is 0.0913. The molecule has 2 N–H and O–H groups in total. The lowest BCUT2D eigenvalue weighted by Gasteiger charge is -1.96. The molecule has 1 aromatic carbocycles. The molecule has 78 valence electrons. The molecule has 0 atom stereocenters. The molecule has 0 aliphatic rings. The van der Waals surface area contributed by atoms with Crippen molar-refractivity contribution in [2.24, 2.45) is 7.05 Å². The van der Waals surface area contributed by atoms with E-state index in [9.17, 15) is 8.78 Å². The van der Waals surface area contributed by atoms with Crippen molar-refractivity contribution in [1.82, 2.24) is 9.78 Å². The predicted molar refractivity (Wildman–Crippen MR) is 50.5 cm³/mol. The van der Waals surface area contributed by atoms with Crippen molar-refractivity contribution in [1.29, 1.82) is 0 Å². The van der Waals surface area contributed by atoms with Crippen LogP contribution in [0, 0.1) is 11.6 Å². The molecule has 0 bridgehead atoms. The molecule has 0 saturated heterocycles. The number of nitrogens with zero attached hydrogens (tertiary/aromatic N) is 2. The van der Waals surface area contributed by atoms with Crippen LogP contribution in [0.1, 0.15) is 0 Å². The predicted octanol–water partition coefficient (Wildman–Crippen LogP) is -0.469. The van der Waals surface area contributed by atoms with Gasteiger partial charge >= 0.3 is 7.12 Å². The Bertz CT molecular complexity index is 527. The number of aromatic nitrogens is 2. The van der Waals surface area contributed by atoms with Crippen LogP contribution < -0.4 is 5.59 Å². The van der Waals surface area contributed by atoms with E-state index in [1.807, 2.05) is 0 Å². The maximum absolute atomic E-state index is 12.9. The summed E-state index contributed by atoms with van der Waals surface area (Å²) in [5.74, 6) is -2.04. The van der Waals surface area contributed by atoms with Crippen LogP contribution in [0.5, 0.6) is 0 Å². The van der Waals surface area contributed by atoms with Crippen LogP contribution in [-0.2, 0) is 7.05 Å². The summed E-state index contributed by atoms with van der Waals surface area (Å²) in [4.78, 5) is 0. The third kappa shape index (κ3) is 1.49. The lowest BCUT2D eigenvalue weighted by Crippen LogP contribution is -2.32. The molecular weight excluding hydrogens is 205 g/mol. The summed E-state index contributed by atoms with van der Waals surface area (Å²) in [7, 11) is -0.301. The summed E-state index contributed by atoms with van der Waals surface area (Å²) < 4.78 is 27.1. The molecule has 7 heteroatoms. The number of fused-ring (bicyclic) bond motifs is 1. The van der Waals surface area contributed by atoms with Crippen molar-refractivity contribution >= 4 is 23.6 Å². The van der Waals surface area contributed by atoms with Gasteiger partial charge < -0.3 is 10.0 Å². The molecule has 0 saturated carbocycles. The van der Waals surface area contributed by atoms with Crippen LogP contribution in [-0.4, -0.2) is 26.9 Å². The van der Waals surface area contributed by atoms with Gasteiger partial charge in [-0.25, -0.2) is 8.78 Å². The standard InChI is InChI=1S/C8H7BF2N2O2/c1-13-7-3-6(11)5(10)2-4(7)8(12-13)9(14)15/h2-3,14-15H,1H3. The largest absolute Gasteiger partial charge is 0.510 e.